The number of nitrogens with zero attached hydrogens (tertiary/aromatic N) is 3. The standard InChI is InChI=1S/C48H76N4O14/c1-10-37-33(24-61-38-14-13-36(54)46(58-8)47(38)59-9)19-27(2)11-12-35(53)28(3)20-32-16-18-60-25-34(51-63-23-31-15-17-50-40(49)21-31)26-62-39(22-41(55)65-37)29(4)45(32)66-48-44(57)42(52(6)7)43(56)30(5)64-48/h11-12,15,17,19,21,28-30,32-33,36-39,42-48,54,56-57H,10,13-14,16,18,20,22-26H2,1-9H3,(H2,49,50)/b12-11+,27-19+,51-34+/t28-,29+,30-,32?,33-,36-,37-,38-,39-,42+,43-,44-,45-,46-,47+,48+/m1/s1. The van der Waals surface area contributed by atoms with Crippen molar-refractivity contribution in [3.8, 4) is 0 Å². The lowest BCUT2D eigenvalue weighted by Crippen LogP contribution is -2.63. The number of allylic oxidation sites excluding steroid dienone is 3. The van der Waals surface area contributed by atoms with Crippen molar-refractivity contribution >= 4 is 23.3 Å². The monoisotopic (exact) mass is 933 g/mol. The number of ether oxygens (including phenoxy) is 8. The highest BCUT2D eigenvalue weighted by Crippen LogP contribution is 2.36. The second-order valence-electron chi connectivity index (χ2n) is 18.6. The fourth-order valence-corrected chi connectivity index (χ4v) is 9.63. The number of likely N-dealkylation sites (N-methyl/N-ethyl adjacent to an activating group) is 1. The van der Waals surface area contributed by atoms with E-state index < -0.39 is 97.1 Å². The molecule has 3 aliphatic heterocycles. The zero-order valence-electron chi connectivity index (χ0n) is 40.2. The Bertz CT molecular complexity index is 1780. The average molecular weight is 933 g/mol. The van der Waals surface area contributed by atoms with Crippen LogP contribution >= 0.6 is 0 Å². The molecule has 1 aromatic heterocycles. The fourth-order valence-electron chi connectivity index (χ4n) is 9.63. The number of aliphatic hydroxyl groups is 3. The molecule has 18 heteroatoms. The summed E-state index contributed by atoms with van der Waals surface area (Å²) in [6, 6.07) is 2.76. The van der Waals surface area contributed by atoms with E-state index in [0.717, 1.165) is 11.1 Å². The normalized spacial score (nSPS) is 38.9. The van der Waals surface area contributed by atoms with E-state index in [-0.39, 0.29) is 51.2 Å². The molecule has 2 bridgehead atoms. The van der Waals surface area contributed by atoms with Crippen LogP contribution in [0.3, 0.4) is 0 Å². The SMILES string of the molecule is CC[C@H]1OC(=O)C[C@H]2OC/C(=N/OCc3ccnc(N)c3)COCCC(C[C@@H](C)C(=O)/C=C/C(C)=C/[C@@H]1CO[C@@H]1CC[C@@H](O)[C@@H](OC)[C@H]1OC)[C@H](O[C@@H]1O[C@H](C)[C@@H](O)[C@H](N(C)C)[C@H]1O)[C@H]2C. The summed E-state index contributed by atoms with van der Waals surface area (Å²) in [6.45, 7) is 9.87. The first-order valence-electron chi connectivity index (χ1n) is 23.4. The number of ketones is 1. The highest BCUT2D eigenvalue weighted by atomic mass is 16.7. The van der Waals surface area contributed by atoms with E-state index in [9.17, 15) is 24.9 Å². The van der Waals surface area contributed by atoms with Gasteiger partial charge in [-0.3, -0.25) is 9.59 Å². The van der Waals surface area contributed by atoms with E-state index in [1.807, 2.05) is 33.8 Å². The molecule has 3 fully saturated rings. The van der Waals surface area contributed by atoms with Crippen LogP contribution in [-0.4, -0.2) is 171 Å². The van der Waals surface area contributed by atoms with E-state index in [4.69, 9.17) is 48.5 Å². The molecular weight excluding hydrogens is 857 g/mol. The molecule has 1 saturated carbocycles. The van der Waals surface area contributed by atoms with E-state index in [2.05, 4.69) is 10.1 Å². The first-order valence-corrected chi connectivity index (χ1v) is 23.4. The number of hydrogen-bond acceptors (Lipinski definition) is 18. The lowest BCUT2D eigenvalue weighted by molar-refractivity contribution is -0.305. The summed E-state index contributed by atoms with van der Waals surface area (Å²) in [5.74, 6) is -2.08. The number of nitrogen functional groups attached to an aromatic ring is 1. The van der Waals surface area contributed by atoms with Gasteiger partial charge in [-0.15, -0.1) is 0 Å². The third-order valence-corrected chi connectivity index (χ3v) is 13.4. The number of pyridine rings is 1. The number of aliphatic hydroxyl groups excluding tert-OH is 3. The quantitative estimate of drug-likeness (QED) is 0.174. The molecule has 66 heavy (non-hydrogen) atoms. The first-order chi connectivity index (χ1) is 31.5. The summed E-state index contributed by atoms with van der Waals surface area (Å²) in [5, 5.41) is 37.8. The maximum atomic E-state index is 14.4. The van der Waals surface area contributed by atoms with Crippen LogP contribution in [-0.2, 0) is 58.9 Å². The number of oxime groups is 1. The third-order valence-electron chi connectivity index (χ3n) is 13.4. The molecule has 4 aliphatic rings. The summed E-state index contributed by atoms with van der Waals surface area (Å²) >= 11 is 0. The van der Waals surface area contributed by atoms with Crippen LogP contribution in [0.4, 0.5) is 5.82 Å². The summed E-state index contributed by atoms with van der Waals surface area (Å²) in [6.07, 6.45) is 0.451. The molecule has 16 atom stereocenters. The smallest absolute Gasteiger partial charge is 0.308 e. The molecule has 2 saturated heterocycles. The lowest BCUT2D eigenvalue weighted by Gasteiger charge is -2.47. The van der Waals surface area contributed by atoms with Crippen molar-refractivity contribution in [3.63, 3.8) is 0 Å². The molecule has 1 aliphatic carbocycles. The van der Waals surface area contributed by atoms with Gasteiger partial charge in [0.1, 0.15) is 42.6 Å². The molecule has 0 aromatic carbocycles. The van der Waals surface area contributed by atoms with Crippen molar-refractivity contribution < 1.29 is 67.6 Å². The van der Waals surface area contributed by atoms with Gasteiger partial charge in [0.2, 0.25) is 0 Å². The number of anilines is 1. The number of esters is 1. The van der Waals surface area contributed by atoms with Crippen molar-refractivity contribution in [2.75, 3.05) is 60.5 Å². The Balaban J connectivity index is 1.51. The zero-order chi connectivity index (χ0) is 48.1. The minimum atomic E-state index is -1.25. The number of cyclic esters (lactones) is 1. The Hall–Kier alpha value is -3.40. The molecule has 1 unspecified atom stereocenters. The fraction of sp³-hybridized carbons (Fsp3) is 0.750. The molecule has 5 N–H and O–H groups in total. The minimum Gasteiger partial charge on any atom is -0.462 e. The maximum absolute atomic E-state index is 14.4. The topological polar surface area (TPSA) is 232 Å². The summed E-state index contributed by atoms with van der Waals surface area (Å²) in [7, 11) is 6.64. The van der Waals surface area contributed by atoms with Gasteiger partial charge in [-0.05, 0) is 89.7 Å². The van der Waals surface area contributed by atoms with Crippen LogP contribution in [0.25, 0.3) is 0 Å². The lowest BCUT2D eigenvalue weighted by atomic mass is 9.79. The number of aromatic nitrogens is 1. The number of nitrogens with two attached hydrogens (primary N) is 1. The van der Waals surface area contributed by atoms with Gasteiger partial charge in [-0.1, -0.05) is 43.7 Å². The number of carbonyl (C=O) groups excluding carboxylic acids is 2. The van der Waals surface area contributed by atoms with Crippen LogP contribution in [0.5, 0.6) is 0 Å². The van der Waals surface area contributed by atoms with E-state index in [0.29, 0.717) is 43.6 Å². The molecule has 1 aromatic rings. The molecule has 5 rings (SSSR count). The Morgan fingerprint density at radius 3 is 2.44 bits per heavy atom. The number of rotatable bonds is 12. The Labute approximate surface area is 390 Å². The third kappa shape index (κ3) is 14.6. The second-order valence-corrected chi connectivity index (χ2v) is 18.6. The number of fused-ring (bicyclic) bond motifs is 3. The van der Waals surface area contributed by atoms with Crippen LogP contribution in [0.2, 0.25) is 0 Å². The van der Waals surface area contributed by atoms with Crippen LogP contribution in [0, 0.1) is 23.7 Å². The van der Waals surface area contributed by atoms with Gasteiger partial charge in [-0.25, -0.2) is 4.98 Å². The summed E-state index contributed by atoms with van der Waals surface area (Å²) in [4.78, 5) is 39.9. The minimum absolute atomic E-state index is 0.0589. The van der Waals surface area contributed by atoms with Crippen LogP contribution < -0.4 is 5.73 Å². The van der Waals surface area contributed by atoms with Crippen molar-refractivity contribution in [1.29, 1.82) is 0 Å². The average Bonchev–Trinajstić information content (AvgIpc) is 3.30. The van der Waals surface area contributed by atoms with Gasteiger partial charge in [-0.2, -0.15) is 0 Å². The van der Waals surface area contributed by atoms with Crippen molar-refractivity contribution in [1.82, 2.24) is 9.88 Å². The first kappa shape index (κ1) is 53.6. The highest BCUT2D eigenvalue weighted by Gasteiger charge is 2.48. The van der Waals surface area contributed by atoms with Crippen LogP contribution in [0.15, 0.2) is 47.3 Å². The molecule has 0 amide bonds. The van der Waals surface area contributed by atoms with Crippen molar-refractivity contribution in [2.45, 2.75) is 153 Å². The largest absolute Gasteiger partial charge is 0.462 e. The van der Waals surface area contributed by atoms with Crippen LogP contribution in [0.1, 0.15) is 78.7 Å². The summed E-state index contributed by atoms with van der Waals surface area (Å²) in [5.41, 5.74) is 7.86. The van der Waals surface area contributed by atoms with Gasteiger partial charge in [0.25, 0.3) is 0 Å². The van der Waals surface area contributed by atoms with Gasteiger partial charge < -0.3 is 68.7 Å². The Morgan fingerprint density at radius 1 is 0.985 bits per heavy atom. The number of carbonyl (C=O) groups is 2. The molecule has 4 heterocycles. The van der Waals surface area contributed by atoms with E-state index in [1.165, 1.54) is 7.11 Å². The Kier molecular flexibility index (Phi) is 21.0. The summed E-state index contributed by atoms with van der Waals surface area (Å²) < 4.78 is 50.2. The van der Waals surface area contributed by atoms with E-state index >= 15 is 0 Å². The molecule has 0 radical (unpaired) electrons. The van der Waals surface area contributed by atoms with Gasteiger partial charge in [0, 0.05) is 44.8 Å². The maximum Gasteiger partial charge on any atom is 0.308 e. The number of hydrogen-bond donors (Lipinski definition) is 4. The molecular formula is C48H76N4O14. The van der Waals surface area contributed by atoms with Gasteiger partial charge >= 0.3 is 5.97 Å². The van der Waals surface area contributed by atoms with Gasteiger partial charge in [0.05, 0.1) is 68.9 Å². The number of methoxy groups -OCH3 is 2. The highest BCUT2D eigenvalue weighted by molar-refractivity contribution is 5.91. The van der Waals surface area contributed by atoms with Crippen molar-refractivity contribution in [3.05, 3.63) is 47.7 Å². The molecule has 0 spiro atoms. The second kappa shape index (κ2) is 25.8. The molecule has 18 nitrogen and oxygen atoms in total. The van der Waals surface area contributed by atoms with E-state index in [1.54, 1.807) is 63.5 Å². The molecule has 372 valence electrons. The van der Waals surface area contributed by atoms with Gasteiger partial charge in [0.15, 0.2) is 12.1 Å². The van der Waals surface area contributed by atoms with Crippen molar-refractivity contribution in [2.24, 2.45) is 28.8 Å². The predicted octanol–water partition coefficient (Wildman–Crippen LogP) is 3.39. The zero-order valence-corrected chi connectivity index (χ0v) is 40.2. The predicted molar refractivity (Wildman–Crippen MR) is 244 cm³/mol. The Morgan fingerprint density at radius 2 is 1.74 bits per heavy atom.